The van der Waals surface area contributed by atoms with Gasteiger partial charge in [0.05, 0.1) is 23.2 Å². The van der Waals surface area contributed by atoms with Gasteiger partial charge in [-0.15, -0.1) is 0 Å². The van der Waals surface area contributed by atoms with Gasteiger partial charge in [-0.2, -0.15) is 11.1 Å². The third-order valence-electron chi connectivity index (χ3n) is 9.22. The van der Waals surface area contributed by atoms with E-state index >= 15 is 0 Å². The summed E-state index contributed by atoms with van der Waals surface area (Å²) in [4.78, 5) is 18.2. The molecule has 244 valence electrons. The molecule has 11 heteroatoms. The summed E-state index contributed by atoms with van der Waals surface area (Å²) in [6.45, 7) is 41.5. The van der Waals surface area contributed by atoms with E-state index in [4.69, 9.17) is 47.4 Å². The van der Waals surface area contributed by atoms with Gasteiger partial charge in [0.2, 0.25) is 11.4 Å². The zero-order valence-corrected chi connectivity index (χ0v) is 33.1. The van der Waals surface area contributed by atoms with Crippen molar-refractivity contribution in [2.45, 2.75) is 116 Å². The molecule has 0 aliphatic heterocycles. The Labute approximate surface area is 287 Å². The zero-order chi connectivity index (χ0) is 34.4. The van der Waals surface area contributed by atoms with Gasteiger partial charge in [-0.3, -0.25) is 9.97 Å². The molecule has 6 nitrogen and oxygen atoms in total. The van der Waals surface area contributed by atoms with E-state index in [1.165, 1.54) is 6.20 Å². The van der Waals surface area contributed by atoms with Gasteiger partial charge >= 0.3 is 0 Å². The van der Waals surface area contributed by atoms with Crippen LogP contribution < -0.4 is 0 Å². The van der Waals surface area contributed by atoms with Crippen molar-refractivity contribution in [1.29, 1.82) is 0 Å². The molecule has 4 aromatic heterocycles. The predicted octanol–water partition coefficient (Wildman–Crippen LogP) is 13.4. The number of rotatable bonds is 7. The highest BCUT2D eigenvalue weighted by Crippen LogP contribution is 2.46. The Hall–Kier alpha value is -2.34. The van der Waals surface area contributed by atoms with Gasteiger partial charge in [0.15, 0.2) is 15.6 Å². The lowest BCUT2D eigenvalue weighted by atomic mass is 10.3. The molecule has 0 saturated carbocycles. The molecule has 4 aromatic rings. The van der Waals surface area contributed by atoms with Crippen molar-refractivity contribution in [2.75, 3.05) is 0 Å². The van der Waals surface area contributed by atoms with Crippen LogP contribution in [0.15, 0.2) is 36.9 Å². The summed E-state index contributed by atoms with van der Waals surface area (Å²) in [6.07, 6.45) is 6.96. The van der Waals surface area contributed by atoms with Crippen molar-refractivity contribution in [3.8, 4) is 0 Å². The maximum atomic E-state index is 7.20. The molecular weight excluding hydrogens is 655 g/mol. The molecule has 0 fully saturated rings. The number of pyridine rings is 2. The molecule has 0 unspecified atom stereocenters. The number of fused-ring (bicyclic) bond motifs is 2. The molecule has 0 radical (unpaired) electrons. The van der Waals surface area contributed by atoms with E-state index in [2.05, 4.69) is 118 Å². The summed E-state index contributed by atoms with van der Waals surface area (Å²) >= 11 is 19.0. The molecule has 0 saturated heterocycles. The summed E-state index contributed by atoms with van der Waals surface area (Å²) in [7, 11) is -3.36. The van der Waals surface area contributed by atoms with Gasteiger partial charge < -0.3 is 9.22 Å². The van der Waals surface area contributed by atoms with Gasteiger partial charge in [-0.1, -0.05) is 106 Å². The molecule has 0 aliphatic rings. The minimum absolute atomic E-state index is 0.392. The highest BCUT2D eigenvalue weighted by atomic mass is 35.6. The number of nitrogens with one attached hydrogen (secondary N) is 1. The van der Waals surface area contributed by atoms with Gasteiger partial charge in [0.25, 0.3) is 0 Å². The van der Waals surface area contributed by atoms with Crippen molar-refractivity contribution in [2.24, 2.45) is 0 Å². The Balaban J connectivity index is 0.000000259. The fourth-order valence-electron chi connectivity index (χ4n) is 7.31. The first-order valence-electron chi connectivity index (χ1n) is 15.7. The fraction of sp³-hybridized carbons (Fsp3) is 0.529. The van der Waals surface area contributed by atoms with Gasteiger partial charge in [-0.25, -0.2) is 9.69 Å². The van der Waals surface area contributed by atoms with Crippen LogP contribution in [0.2, 0.25) is 43.3 Å². The van der Waals surface area contributed by atoms with Crippen molar-refractivity contribution >= 4 is 83.3 Å². The van der Waals surface area contributed by atoms with Crippen LogP contribution in [0.3, 0.4) is 0 Å². The lowest BCUT2D eigenvalue weighted by Crippen LogP contribution is -2.51. The molecular formula is C34H49Cl3N6Si2. The van der Waals surface area contributed by atoms with Gasteiger partial charge in [0.1, 0.15) is 11.3 Å². The smallest absolute Gasteiger partial charge is 0.224 e. The molecule has 0 aliphatic carbocycles. The van der Waals surface area contributed by atoms with Crippen LogP contribution in [-0.4, -0.2) is 34.8 Å². The number of halogens is 3. The van der Waals surface area contributed by atoms with Crippen molar-refractivity contribution in [1.82, 2.24) is 19.2 Å². The standard InChI is InChI=1S/C17H24ClN3Si.C9H21ClSi.C8H4ClN3/c1-11(2)22(12(3)4,13(5)6)21-9-8-14-16(18)15(19-7)10-20-17(14)21;1-7(2)11(10,8(3)4)9(5)6;1-10-6-4-12-8-5(7(6)9)2-3-11-8/h8-13H,1-6H3;7-9H,1-6H3;2-4H,(H,11,12). The van der Waals surface area contributed by atoms with Crippen LogP contribution in [0, 0.1) is 13.1 Å². The number of hydrogen-bond donors (Lipinski definition) is 1. The number of aromatic amines is 1. The summed E-state index contributed by atoms with van der Waals surface area (Å²) < 4.78 is 2.42. The number of aromatic nitrogens is 4. The highest BCUT2D eigenvalue weighted by Gasteiger charge is 2.46. The topological polar surface area (TPSA) is 55.2 Å². The van der Waals surface area contributed by atoms with Crippen LogP contribution in [0.5, 0.6) is 0 Å². The van der Waals surface area contributed by atoms with Crippen LogP contribution in [-0.2, 0) is 0 Å². The molecule has 45 heavy (non-hydrogen) atoms. The van der Waals surface area contributed by atoms with E-state index in [1.807, 2.05) is 6.07 Å². The van der Waals surface area contributed by atoms with Gasteiger partial charge in [0, 0.05) is 29.4 Å². The third-order valence-corrected chi connectivity index (χ3v) is 26.0. The second-order valence-electron chi connectivity index (χ2n) is 13.4. The average Bonchev–Trinajstić information content (AvgIpc) is 3.62. The Morgan fingerprint density at radius 2 is 1.13 bits per heavy atom. The largest absolute Gasteiger partial charge is 0.359 e. The van der Waals surface area contributed by atoms with Crippen LogP contribution in [0.4, 0.5) is 11.4 Å². The van der Waals surface area contributed by atoms with E-state index in [0.717, 1.165) is 16.4 Å². The molecule has 0 spiro atoms. The first-order chi connectivity index (χ1) is 20.9. The molecule has 4 rings (SSSR count). The van der Waals surface area contributed by atoms with E-state index in [9.17, 15) is 0 Å². The Morgan fingerprint density at radius 1 is 0.689 bits per heavy atom. The second kappa shape index (κ2) is 16.0. The predicted molar refractivity (Wildman–Crippen MR) is 202 cm³/mol. The third kappa shape index (κ3) is 7.63. The average molecular weight is 704 g/mol. The lowest BCUT2D eigenvalue weighted by molar-refractivity contribution is 0.770. The molecule has 0 bridgehead atoms. The monoisotopic (exact) mass is 702 g/mol. The Bertz CT molecular complexity index is 1610. The first-order valence-corrected chi connectivity index (χ1v) is 21.8. The Morgan fingerprint density at radius 3 is 1.53 bits per heavy atom. The van der Waals surface area contributed by atoms with Crippen molar-refractivity contribution in [3.05, 3.63) is 69.8 Å². The summed E-state index contributed by atoms with van der Waals surface area (Å²) in [5.74, 6) is 0. The molecule has 0 atom stereocenters. The molecule has 4 heterocycles. The summed E-state index contributed by atoms with van der Waals surface area (Å²) in [6, 6.07) is 3.83. The maximum Gasteiger partial charge on any atom is 0.224 e. The van der Waals surface area contributed by atoms with E-state index in [0.29, 0.717) is 60.3 Å². The maximum absolute atomic E-state index is 7.20. The first kappa shape index (κ1) is 38.8. The lowest BCUT2D eigenvalue weighted by Gasteiger charge is -2.44. The van der Waals surface area contributed by atoms with Crippen molar-refractivity contribution in [3.63, 3.8) is 0 Å². The number of hydrogen-bond acceptors (Lipinski definition) is 2. The molecule has 0 aromatic carbocycles. The van der Waals surface area contributed by atoms with Crippen LogP contribution in [0.25, 0.3) is 31.8 Å². The zero-order valence-electron chi connectivity index (χ0n) is 28.8. The Kier molecular flexibility index (Phi) is 13.8. The molecule has 0 amide bonds. The number of H-pyrrole nitrogens is 1. The minimum Gasteiger partial charge on any atom is -0.359 e. The SMILES string of the molecule is CC(C)[Si](Cl)(C(C)C)C(C)C.[C-]#[N+]c1cnc2[nH]ccc2c1Cl.[C-]#[N+]c1cnc2c(ccn2[Si](C(C)C)(C(C)C)C(C)C)c1Cl. The summed E-state index contributed by atoms with van der Waals surface area (Å²) in [5, 5.41) is 2.69. The van der Waals surface area contributed by atoms with Gasteiger partial charge in [-0.05, 0) is 51.6 Å². The van der Waals surface area contributed by atoms with E-state index in [-0.39, 0.29) is 0 Å². The van der Waals surface area contributed by atoms with Crippen LogP contribution in [0.1, 0.15) is 83.1 Å². The van der Waals surface area contributed by atoms with Crippen LogP contribution >= 0.6 is 34.3 Å². The normalized spacial score (nSPS) is 12.2. The fourth-order valence-corrected chi connectivity index (χ4v) is 18.3. The van der Waals surface area contributed by atoms with E-state index in [1.54, 1.807) is 18.5 Å². The molecule has 1 N–H and O–H groups in total. The highest BCUT2D eigenvalue weighted by molar-refractivity contribution is 7.22. The quantitative estimate of drug-likeness (QED) is 0.118. The van der Waals surface area contributed by atoms with Crippen molar-refractivity contribution < 1.29 is 0 Å². The van der Waals surface area contributed by atoms with E-state index < -0.39 is 15.6 Å². The number of nitrogens with zero attached hydrogens (tertiary/aromatic N) is 5. The summed E-state index contributed by atoms with van der Waals surface area (Å²) in [5.41, 5.74) is 6.28. The second-order valence-corrected chi connectivity index (χ2v) is 27.0. The minimum atomic E-state index is -1.85.